The fourth-order valence-electron chi connectivity index (χ4n) is 3.10. The summed E-state index contributed by atoms with van der Waals surface area (Å²) in [6, 6.07) is 11.2. The molecule has 2 heterocycles. The van der Waals surface area contributed by atoms with Crippen LogP contribution in [0.5, 0.6) is 0 Å². The summed E-state index contributed by atoms with van der Waals surface area (Å²) in [5.74, 6) is 0. The predicted octanol–water partition coefficient (Wildman–Crippen LogP) is 3.43. The number of piperidine rings is 1. The molecule has 0 bridgehead atoms. The molecule has 1 aromatic heterocycles. The zero-order chi connectivity index (χ0) is 16.3. The van der Waals surface area contributed by atoms with E-state index in [4.69, 9.17) is 0 Å². The molecular formula is C17H22N2O2S2. The van der Waals surface area contributed by atoms with E-state index >= 15 is 0 Å². The maximum absolute atomic E-state index is 13.2. The summed E-state index contributed by atoms with van der Waals surface area (Å²) >= 11 is 1.42. The van der Waals surface area contributed by atoms with Gasteiger partial charge in [0.25, 0.3) is 10.0 Å². The van der Waals surface area contributed by atoms with Crippen LogP contribution in [-0.2, 0) is 10.0 Å². The van der Waals surface area contributed by atoms with E-state index in [9.17, 15) is 8.42 Å². The first-order valence-electron chi connectivity index (χ1n) is 7.97. The standard InChI is InChI=1S/C17H22N2O2S2/c1-2-18-11-8-16(9-12-18)19(15-6-4-3-5-7-15)23(20,21)17-10-13-22-14-17/h3-7,10,13-14,16H,2,8-9,11-12H2,1H3. The number of hydrogen-bond acceptors (Lipinski definition) is 4. The van der Waals surface area contributed by atoms with Crippen molar-refractivity contribution in [1.82, 2.24) is 4.90 Å². The summed E-state index contributed by atoms with van der Waals surface area (Å²) in [5.41, 5.74) is 0.758. The Kier molecular flexibility index (Phi) is 5.04. The van der Waals surface area contributed by atoms with Gasteiger partial charge in [0.1, 0.15) is 0 Å². The normalized spacial score (nSPS) is 17.3. The molecule has 1 fully saturated rings. The highest BCUT2D eigenvalue weighted by Gasteiger charge is 2.33. The molecule has 2 aromatic rings. The van der Waals surface area contributed by atoms with Crippen LogP contribution >= 0.6 is 11.3 Å². The van der Waals surface area contributed by atoms with E-state index in [1.165, 1.54) is 11.3 Å². The third kappa shape index (κ3) is 3.44. The van der Waals surface area contributed by atoms with Gasteiger partial charge in [0.15, 0.2) is 0 Å². The van der Waals surface area contributed by atoms with Crippen molar-refractivity contribution in [1.29, 1.82) is 0 Å². The highest BCUT2D eigenvalue weighted by Crippen LogP contribution is 2.31. The lowest BCUT2D eigenvalue weighted by atomic mass is 10.0. The second kappa shape index (κ2) is 7.03. The SMILES string of the molecule is CCN1CCC(N(c2ccccc2)S(=O)(=O)c2ccsc2)CC1. The zero-order valence-corrected chi connectivity index (χ0v) is 14.9. The molecule has 0 N–H and O–H groups in total. The van der Waals surface area contributed by atoms with Crippen LogP contribution in [0, 0.1) is 0 Å². The lowest BCUT2D eigenvalue weighted by Crippen LogP contribution is -2.47. The highest BCUT2D eigenvalue weighted by molar-refractivity contribution is 7.93. The molecule has 0 atom stereocenters. The maximum atomic E-state index is 13.2. The Morgan fingerprint density at radius 2 is 1.87 bits per heavy atom. The Hall–Kier alpha value is -1.37. The Bertz CT molecular complexity index is 706. The van der Waals surface area contributed by atoms with Crippen molar-refractivity contribution in [2.45, 2.75) is 30.7 Å². The number of likely N-dealkylation sites (tertiary alicyclic amines) is 1. The molecule has 6 heteroatoms. The van der Waals surface area contributed by atoms with Crippen LogP contribution in [-0.4, -0.2) is 39.0 Å². The van der Waals surface area contributed by atoms with E-state index < -0.39 is 10.0 Å². The van der Waals surface area contributed by atoms with Crippen molar-refractivity contribution in [3.8, 4) is 0 Å². The number of benzene rings is 1. The van der Waals surface area contributed by atoms with Crippen molar-refractivity contribution in [2.75, 3.05) is 23.9 Å². The van der Waals surface area contributed by atoms with E-state index in [1.54, 1.807) is 15.8 Å². The van der Waals surface area contributed by atoms with Gasteiger partial charge < -0.3 is 4.90 Å². The molecule has 0 radical (unpaired) electrons. The van der Waals surface area contributed by atoms with Crippen molar-refractivity contribution in [3.05, 3.63) is 47.2 Å². The largest absolute Gasteiger partial charge is 0.303 e. The molecular weight excluding hydrogens is 328 g/mol. The molecule has 0 aliphatic carbocycles. The van der Waals surface area contributed by atoms with Crippen LogP contribution < -0.4 is 4.31 Å². The maximum Gasteiger partial charge on any atom is 0.265 e. The minimum absolute atomic E-state index is 0.0186. The second-order valence-electron chi connectivity index (χ2n) is 5.76. The topological polar surface area (TPSA) is 40.6 Å². The third-order valence-electron chi connectivity index (χ3n) is 4.40. The Morgan fingerprint density at radius 3 is 2.43 bits per heavy atom. The van der Waals surface area contributed by atoms with Gasteiger partial charge in [-0.3, -0.25) is 4.31 Å². The van der Waals surface area contributed by atoms with E-state index in [-0.39, 0.29) is 6.04 Å². The molecule has 0 unspecified atom stereocenters. The van der Waals surface area contributed by atoms with Gasteiger partial charge in [-0.15, -0.1) is 0 Å². The molecule has 0 spiro atoms. The van der Waals surface area contributed by atoms with Crippen LogP contribution in [0.3, 0.4) is 0 Å². The van der Waals surface area contributed by atoms with Gasteiger partial charge in [-0.25, -0.2) is 8.42 Å². The van der Waals surface area contributed by atoms with Gasteiger partial charge in [-0.05, 0) is 43.0 Å². The number of para-hydroxylation sites is 1. The number of hydrogen-bond donors (Lipinski definition) is 0. The second-order valence-corrected chi connectivity index (χ2v) is 8.36. The minimum atomic E-state index is -3.51. The molecule has 1 aromatic carbocycles. The molecule has 124 valence electrons. The molecule has 1 aliphatic heterocycles. The van der Waals surface area contributed by atoms with Crippen LogP contribution in [0.25, 0.3) is 0 Å². The number of thiophene rings is 1. The first kappa shape index (κ1) is 16.5. The Labute approximate surface area is 142 Å². The van der Waals surface area contributed by atoms with Gasteiger partial charge in [0.05, 0.1) is 10.6 Å². The average molecular weight is 351 g/mol. The lowest BCUT2D eigenvalue weighted by Gasteiger charge is -2.38. The van der Waals surface area contributed by atoms with E-state index in [0.29, 0.717) is 4.90 Å². The first-order valence-corrected chi connectivity index (χ1v) is 10.3. The average Bonchev–Trinajstić information content (AvgIpc) is 3.12. The van der Waals surface area contributed by atoms with Gasteiger partial charge >= 0.3 is 0 Å². The van der Waals surface area contributed by atoms with E-state index in [2.05, 4.69) is 11.8 Å². The van der Waals surface area contributed by atoms with Crippen LogP contribution in [0.1, 0.15) is 19.8 Å². The molecule has 1 aliphatic rings. The molecule has 1 saturated heterocycles. The highest BCUT2D eigenvalue weighted by atomic mass is 32.2. The van der Waals surface area contributed by atoms with Crippen LogP contribution in [0.2, 0.25) is 0 Å². The van der Waals surface area contributed by atoms with Gasteiger partial charge in [0.2, 0.25) is 0 Å². The van der Waals surface area contributed by atoms with Gasteiger partial charge in [0, 0.05) is 24.5 Å². The van der Waals surface area contributed by atoms with E-state index in [0.717, 1.165) is 38.2 Å². The van der Waals surface area contributed by atoms with Gasteiger partial charge in [-0.2, -0.15) is 11.3 Å². The monoisotopic (exact) mass is 350 g/mol. The van der Waals surface area contributed by atoms with Crippen LogP contribution in [0.15, 0.2) is 52.1 Å². The summed E-state index contributed by atoms with van der Waals surface area (Å²) in [5, 5.41) is 3.53. The summed E-state index contributed by atoms with van der Waals surface area (Å²) in [4.78, 5) is 2.76. The van der Waals surface area contributed by atoms with Gasteiger partial charge in [-0.1, -0.05) is 25.1 Å². The van der Waals surface area contributed by atoms with E-state index in [1.807, 2.05) is 35.7 Å². The number of sulfonamides is 1. The molecule has 23 heavy (non-hydrogen) atoms. The number of nitrogens with zero attached hydrogens (tertiary/aromatic N) is 2. The summed E-state index contributed by atoms with van der Waals surface area (Å²) < 4.78 is 28.0. The first-order chi connectivity index (χ1) is 11.1. The lowest BCUT2D eigenvalue weighted by molar-refractivity contribution is 0.224. The molecule has 0 saturated carbocycles. The molecule has 3 rings (SSSR count). The summed E-state index contributed by atoms with van der Waals surface area (Å²) in [6.07, 6.45) is 1.73. The van der Waals surface area contributed by atoms with Crippen molar-refractivity contribution >= 4 is 27.0 Å². The Balaban J connectivity index is 1.96. The minimum Gasteiger partial charge on any atom is -0.303 e. The molecule has 4 nitrogen and oxygen atoms in total. The van der Waals surface area contributed by atoms with Crippen LogP contribution in [0.4, 0.5) is 5.69 Å². The number of rotatable bonds is 5. The van der Waals surface area contributed by atoms with Crippen molar-refractivity contribution in [3.63, 3.8) is 0 Å². The molecule has 0 amide bonds. The van der Waals surface area contributed by atoms with Crippen molar-refractivity contribution < 1.29 is 8.42 Å². The Morgan fingerprint density at radius 1 is 1.17 bits per heavy atom. The number of anilines is 1. The van der Waals surface area contributed by atoms with Crippen molar-refractivity contribution in [2.24, 2.45) is 0 Å². The smallest absolute Gasteiger partial charge is 0.265 e. The zero-order valence-electron chi connectivity index (χ0n) is 13.3. The quantitative estimate of drug-likeness (QED) is 0.829. The predicted molar refractivity (Wildman–Crippen MR) is 95.6 cm³/mol. The summed E-state index contributed by atoms with van der Waals surface area (Å²) in [7, 11) is -3.51. The fraction of sp³-hybridized carbons (Fsp3) is 0.412. The fourth-order valence-corrected chi connectivity index (χ4v) is 5.83. The third-order valence-corrected chi connectivity index (χ3v) is 7.11. The summed E-state index contributed by atoms with van der Waals surface area (Å²) in [6.45, 7) is 5.07.